The number of nitrogens with zero attached hydrogens (tertiary/aromatic N) is 5. The molecule has 0 bridgehead atoms. The molecule has 1 aromatic heterocycles. The van der Waals surface area contributed by atoms with Gasteiger partial charge in [-0.3, -0.25) is 19.7 Å². The van der Waals surface area contributed by atoms with Crippen molar-refractivity contribution in [2.24, 2.45) is 0 Å². The van der Waals surface area contributed by atoms with Gasteiger partial charge in [0, 0.05) is 64.3 Å². The van der Waals surface area contributed by atoms with E-state index in [1.807, 2.05) is 35.2 Å². The minimum atomic E-state index is -0.946. The topological polar surface area (TPSA) is 72.8 Å². The van der Waals surface area contributed by atoms with Crippen molar-refractivity contribution in [1.82, 2.24) is 24.7 Å². The van der Waals surface area contributed by atoms with Crippen LogP contribution < -0.4 is 0 Å². The van der Waals surface area contributed by atoms with Gasteiger partial charge in [-0.25, -0.2) is 0 Å². The first-order valence-corrected chi connectivity index (χ1v) is 10.8. The molecule has 0 spiro atoms. The Balaban J connectivity index is 1.49. The van der Waals surface area contributed by atoms with Crippen LogP contribution in [0.4, 0.5) is 0 Å². The average molecular weight is 410 g/mol. The second-order valence-electron chi connectivity index (χ2n) is 8.43. The molecule has 3 heterocycles. The maximum atomic E-state index is 13.0. The lowest BCUT2D eigenvalue weighted by Gasteiger charge is -2.51. The number of benzene rings is 1. The summed E-state index contributed by atoms with van der Waals surface area (Å²) in [7, 11) is 2.13. The quantitative estimate of drug-likeness (QED) is 0.799. The number of piperidine rings is 1. The largest absolute Gasteiger partial charge is 0.383 e. The second-order valence-corrected chi connectivity index (χ2v) is 8.43. The minimum Gasteiger partial charge on any atom is -0.383 e. The molecule has 4 rings (SSSR count). The maximum Gasteiger partial charge on any atom is 0.223 e. The van der Waals surface area contributed by atoms with E-state index in [-0.39, 0.29) is 11.9 Å². The molecule has 0 unspecified atom stereocenters. The van der Waals surface area contributed by atoms with E-state index in [2.05, 4.69) is 26.8 Å². The number of piperazine rings is 1. The van der Waals surface area contributed by atoms with E-state index in [0.29, 0.717) is 32.4 Å². The van der Waals surface area contributed by atoms with E-state index >= 15 is 0 Å². The smallest absolute Gasteiger partial charge is 0.223 e. The lowest BCUT2D eigenvalue weighted by molar-refractivity contribution is -0.145. The first-order chi connectivity index (χ1) is 14.6. The van der Waals surface area contributed by atoms with Gasteiger partial charge in [0.2, 0.25) is 5.91 Å². The first-order valence-electron chi connectivity index (χ1n) is 10.8. The molecule has 2 aromatic rings. The molecule has 2 saturated heterocycles. The summed E-state index contributed by atoms with van der Waals surface area (Å²) in [6, 6.07) is 9.84. The molecule has 2 fully saturated rings. The third kappa shape index (κ3) is 4.53. The Morgan fingerprint density at radius 3 is 2.60 bits per heavy atom. The number of rotatable bonds is 5. The summed E-state index contributed by atoms with van der Waals surface area (Å²) in [5.41, 5.74) is 0.832. The minimum absolute atomic E-state index is 0.109. The molecule has 1 amide bonds. The molecule has 30 heavy (non-hydrogen) atoms. The van der Waals surface area contributed by atoms with Crippen molar-refractivity contribution in [3.63, 3.8) is 0 Å². The highest BCUT2D eigenvalue weighted by Crippen LogP contribution is 2.36. The zero-order chi connectivity index (χ0) is 21.0. The van der Waals surface area contributed by atoms with Crippen LogP contribution in [0.25, 0.3) is 0 Å². The number of aryl methyl sites for hydroxylation is 1. The van der Waals surface area contributed by atoms with Crippen LogP contribution in [0, 0.1) is 0 Å². The summed E-state index contributed by atoms with van der Waals surface area (Å²) in [5, 5.41) is 11.8. The second kappa shape index (κ2) is 9.20. The van der Waals surface area contributed by atoms with Crippen LogP contribution in [0.5, 0.6) is 0 Å². The highest BCUT2D eigenvalue weighted by Gasteiger charge is 2.46. The van der Waals surface area contributed by atoms with Gasteiger partial charge in [0.05, 0.1) is 11.7 Å². The van der Waals surface area contributed by atoms with Crippen LogP contribution in [-0.2, 0) is 16.8 Å². The molecule has 1 aromatic carbocycles. The van der Waals surface area contributed by atoms with E-state index in [4.69, 9.17) is 0 Å². The Morgan fingerprint density at radius 1 is 1.13 bits per heavy atom. The van der Waals surface area contributed by atoms with Crippen LogP contribution in [-0.4, -0.2) is 88.0 Å². The molecule has 1 N–H and O–H groups in total. The van der Waals surface area contributed by atoms with Gasteiger partial charge in [0.15, 0.2) is 0 Å². The van der Waals surface area contributed by atoms with Gasteiger partial charge in [0.1, 0.15) is 5.60 Å². The summed E-state index contributed by atoms with van der Waals surface area (Å²) in [6.07, 6.45) is 6.56. The van der Waals surface area contributed by atoms with Gasteiger partial charge in [-0.1, -0.05) is 30.3 Å². The number of hydrogen-bond donors (Lipinski definition) is 1. The summed E-state index contributed by atoms with van der Waals surface area (Å²) in [5.74, 6) is 0.120. The Hall–Kier alpha value is -2.35. The summed E-state index contributed by atoms with van der Waals surface area (Å²) in [4.78, 5) is 27.9. The third-order valence-corrected chi connectivity index (χ3v) is 6.52. The molecular formula is C23H31N5O2. The molecule has 0 radical (unpaired) electrons. The molecular weight excluding hydrogens is 378 g/mol. The van der Waals surface area contributed by atoms with E-state index < -0.39 is 5.60 Å². The van der Waals surface area contributed by atoms with Crippen LogP contribution >= 0.6 is 0 Å². The molecule has 2 aliphatic heterocycles. The first kappa shape index (κ1) is 20.9. The molecule has 0 saturated carbocycles. The molecule has 160 valence electrons. The predicted molar refractivity (Wildman–Crippen MR) is 115 cm³/mol. The fourth-order valence-electron chi connectivity index (χ4n) is 4.62. The van der Waals surface area contributed by atoms with E-state index in [1.54, 1.807) is 18.6 Å². The molecule has 2 aliphatic rings. The van der Waals surface area contributed by atoms with Gasteiger partial charge in [-0.15, -0.1) is 0 Å². The van der Waals surface area contributed by atoms with Gasteiger partial charge in [-0.05, 0) is 25.5 Å². The predicted octanol–water partition coefficient (Wildman–Crippen LogP) is 1.15. The fraction of sp³-hybridized carbons (Fsp3) is 0.522. The molecule has 7 heteroatoms. The molecule has 7 nitrogen and oxygen atoms in total. The van der Waals surface area contributed by atoms with Crippen molar-refractivity contribution in [3.8, 4) is 0 Å². The lowest BCUT2D eigenvalue weighted by Crippen LogP contribution is -2.64. The van der Waals surface area contributed by atoms with Gasteiger partial charge in [0.25, 0.3) is 0 Å². The van der Waals surface area contributed by atoms with Crippen molar-refractivity contribution in [2.45, 2.75) is 30.9 Å². The zero-order valence-corrected chi connectivity index (χ0v) is 17.7. The zero-order valence-electron chi connectivity index (χ0n) is 17.7. The Morgan fingerprint density at radius 2 is 1.90 bits per heavy atom. The van der Waals surface area contributed by atoms with Gasteiger partial charge < -0.3 is 14.9 Å². The lowest BCUT2D eigenvalue weighted by atomic mass is 9.79. The normalized spacial score (nSPS) is 25.9. The number of hydrogen-bond acceptors (Lipinski definition) is 6. The number of likely N-dealkylation sites (tertiary alicyclic amines) is 1. The average Bonchev–Trinajstić information content (AvgIpc) is 2.80. The third-order valence-electron chi connectivity index (χ3n) is 6.52. The SMILES string of the molecule is CN1CCN([C@@H]2CN(C(=O)CCc3cnccn3)CC[C@]2(O)c2ccccc2)CC1. The van der Waals surface area contributed by atoms with Crippen molar-refractivity contribution < 1.29 is 9.90 Å². The number of amides is 1. The van der Waals surface area contributed by atoms with Crippen molar-refractivity contribution in [1.29, 1.82) is 0 Å². The van der Waals surface area contributed by atoms with Crippen LogP contribution in [0.3, 0.4) is 0 Å². The Kier molecular flexibility index (Phi) is 6.41. The van der Waals surface area contributed by atoms with Crippen molar-refractivity contribution >= 4 is 5.91 Å². The Bertz CT molecular complexity index is 826. The molecule has 2 atom stereocenters. The highest BCUT2D eigenvalue weighted by atomic mass is 16.3. The monoisotopic (exact) mass is 409 g/mol. The van der Waals surface area contributed by atoms with Gasteiger partial charge in [-0.2, -0.15) is 0 Å². The maximum absolute atomic E-state index is 13.0. The van der Waals surface area contributed by atoms with Crippen molar-refractivity contribution in [2.75, 3.05) is 46.3 Å². The van der Waals surface area contributed by atoms with Crippen LogP contribution in [0.2, 0.25) is 0 Å². The summed E-state index contributed by atoms with van der Waals surface area (Å²) in [6.45, 7) is 4.86. The van der Waals surface area contributed by atoms with E-state index in [9.17, 15) is 9.90 Å². The number of aliphatic hydroxyl groups is 1. The van der Waals surface area contributed by atoms with Crippen LogP contribution in [0.15, 0.2) is 48.9 Å². The number of carbonyl (C=O) groups excluding carboxylic acids is 1. The number of aromatic nitrogens is 2. The Labute approximate surface area is 178 Å². The van der Waals surface area contributed by atoms with Crippen LogP contribution in [0.1, 0.15) is 24.1 Å². The summed E-state index contributed by atoms with van der Waals surface area (Å²) >= 11 is 0. The van der Waals surface area contributed by atoms with E-state index in [0.717, 1.165) is 37.4 Å². The van der Waals surface area contributed by atoms with Gasteiger partial charge >= 0.3 is 0 Å². The standard InChI is InChI=1S/C23H31N5O2/c1-26-13-15-27(16-14-26)21-18-28(22(29)8-7-20-17-24-10-11-25-20)12-9-23(21,30)19-5-3-2-4-6-19/h2-6,10-11,17,21,30H,7-9,12-16,18H2,1H3/t21-,23+/m1/s1. The number of carbonyl (C=O) groups is 1. The fourth-order valence-corrected chi connectivity index (χ4v) is 4.62. The van der Waals surface area contributed by atoms with E-state index in [1.165, 1.54) is 0 Å². The number of likely N-dealkylation sites (N-methyl/N-ethyl adjacent to an activating group) is 1. The highest BCUT2D eigenvalue weighted by molar-refractivity contribution is 5.76. The summed E-state index contributed by atoms with van der Waals surface area (Å²) < 4.78 is 0. The molecule has 0 aliphatic carbocycles. The van der Waals surface area contributed by atoms with Crippen molar-refractivity contribution in [3.05, 3.63) is 60.2 Å².